The van der Waals surface area contributed by atoms with Crippen LogP contribution in [0.15, 0.2) is 30.5 Å². The molecule has 4 heteroatoms. The number of ether oxygens (including phenoxy) is 1. The normalized spacial score (nSPS) is 22.2. The second kappa shape index (κ2) is 4.72. The highest BCUT2D eigenvalue weighted by molar-refractivity contribution is 5.84. The monoisotopic (exact) mass is 245 g/mol. The standard InChI is InChI=1S/C14H19N3O/c1-17-9-11(10-4-2-3-5-12(10)17)14(15)13-8-16-6-7-18-13/h2-5,9,13-14,16H,6-8,15H2,1H3. The molecule has 0 amide bonds. The first-order valence-electron chi connectivity index (χ1n) is 6.39. The molecule has 3 N–H and O–H groups in total. The molecule has 1 aliphatic rings. The van der Waals surface area contributed by atoms with E-state index in [9.17, 15) is 0 Å². The number of fused-ring (bicyclic) bond motifs is 1. The van der Waals surface area contributed by atoms with Gasteiger partial charge in [-0.1, -0.05) is 18.2 Å². The van der Waals surface area contributed by atoms with Gasteiger partial charge in [0.05, 0.1) is 18.8 Å². The predicted molar refractivity (Wildman–Crippen MR) is 72.5 cm³/mol. The van der Waals surface area contributed by atoms with E-state index < -0.39 is 0 Å². The van der Waals surface area contributed by atoms with Gasteiger partial charge in [-0.05, 0) is 11.6 Å². The van der Waals surface area contributed by atoms with Crippen molar-refractivity contribution in [3.05, 3.63) is 36.0 Å². The molecule has 18 heavy (non-hydrogen) atoms. The highest BCUT2D eigenvalue weighted by atomic mass is 16.5. The first kappa shape index (κ1) is 11.7. The van der Waals surface area contributed by atoms with E-state index in [0.29, 0.717) is 0 Å². The fourth-order valence-corrected chi connectivity index (χ4v) is 2.66. The van der Waals surface area contributed by atoms with Crippen LogP contribution in [0.25, 0.3) is 10.9 Å². The number of nitrogens with one attached hydrogen (secondary N) is 1. The Morgan fingerprint density at radius 2 is 2.28 bits per heavy atom. The van der Waals surface area contributed by atoms with Gasteiger partial charge >= 0.3 is 0 Å². The topological polar surface area (TPSA) is 52.2 Å². The van der Waals surface area contributed by atoms with Crippen molar-refractivity contribution < 1.29 is 4.74 Å². The molecule has 4 nitrogen and oxygen atoms in total. The Morgan fingerprint density at radius 3 is 3.06 bits per heavy atom. The van der Waals surface area contributed by atoms with E-state index in [4.69, 9.17) is 10.5 Å². The Balaban J connectivity index is 1.98. The van der Waals surface area contributed by atoms with Crippen LogP contribution in [0.2, 0.25) is 0 Å². The Morgan fingerprint density at radius 1 is 1.44 bits per heavy atom. The number of morpholine rings is 1. The van der Waals surface area contributed by atoms with E-state index in [2.05, 4.69) is 47.4 Å². The SMILES string of the molecule is Cn1cc(C(N)C2CNCCO2)c2ccccc21. The van der Waals surface area contributed by atoms with E-state index in [-0.39, 0.29) is 12.1 Å². The summed E-state index contributed by atoms with van der Waals surface area (Å²) in [6.45, 7) is 2.48. The van der Waals surface area contributed by atoms with Gasteiger partial charge in [0.25, 0.3) is 0 Å². The smallest absolute Gasteiger partial charge is 0.0893 e. The molecule has 0 spiro atoms. The highest BCUT2D eigenvalue weighted by Crippen LogP contribution is 2.27. The number of aryl methyl sites for hydroxylation is 1. The summed E-state index contributed by atoms with van der Waals surface area (Å²) in [5.74, 6) is 0. The average Bonchev–Trinajstić information content (AvgIpc) is 2.77. The molecule has 0 saturated carbocycles. The summed E-state index contributed by atoms with van der Waals surface area (Å²) in [6, 6.07) is 8.27. The molecule has 0 aliphatic carbocycles. The molecule has 2 atom stereocenters. The first-order chi connectivity index (χ1) is 8.77. The summed E-state index contributed by atoms with van der Waals surface area (Å²) in [6.07, 6.45) is 2.18. The first-order valence-corrected chi connectivity index (χ1v) is 6.39. The Labute approximate surface area is 107 Å². The zero-order chi connectivity index (χ0) is 12.5. The summed E-state index contributed by atoms with van der Waals surface area (Å²) >= 11 is 0. The third-order valence-corrected chi connectivity index (χ3v) is 3.64. The lowest BCUT2D eigenvalue weighted by atomic mass is 10.0. The fourth-order valence-electron chi connectivity index (χ4n) is 2.66. The van der Waals surface area contributed by atoms with Crippen LogP contribution < -0.4 is 11.1 Å². The van der Waals surface area contributed by atoms with Gasteiger partial charge < -0.3 is 20.4 Å². The van der Waals surface area contributed by atoms with Crippen molar-refractivity contribution >= 4 is 10.9 Å². The summed E-state index contributed by atoms with van der Waals surface area (Å²) in [4.78, 5) is 0. The lowest BCUT2D eigenvalue weighted by Crippen LogP contribution is -2.44. The number of nitrogens with two attached hydrogens (primary N) is 1. The molecule has 2 heterocycles. The molecule has 0 bridgehead atoms. The second-order valence-electron chi connectivity index (χ2n) is 4.85. The minimum absolute atomic E-state index is 0.0598. The summed E-state index contributed by atoms with van der Waals surface area (Å²) in [5.41, 5.74) is 8.75. The number of aromatic nitrogens is 1. The van der Waals surface area contributed by atoms with E-state index >= 15 is 0 Å². The number of nitrogens with zero attached hydrogens (tertiary/aromatic N) is 1. The van der Waals surface area contributed by atoms with Crippen molar-refractivity contribution in [2.75, 3.05) is 19.7 Å². The largest absolute Gasteiger partial charge is 0.374 e. The number of para-hydroxylation sites is 1. The zero-order valence-electron chi connectivity index (χ0n) is 10.6. The van der Waals surface area contributed by atoms with Gasteiger partial charge in [-0.15, -0.1) is 0 Å². The third kappa shape index (κ3) is 1.92. The van der Waals surface area contributed by atoms with Gasteiger partial charge in [-0.2, -0.15) is 0 Å². The Bertz CT molecular complexity index is 543. The van der Waals surface area contributed by atoms with E-state index in [0.717, 1.165) is 19.7 Å². The minimum Gasteiger partial charge on any atom is -0.374 e. The predicted octanol–water partition coefficient (Wildman–Crippen LogP) is 1.17. The molecular weight excluding hydrogens is 226 g/mol. The highest BCUT2D eigenvalue weighted by Gasteiger charge is 2.25. The van der Waals surface area contributed by atoms with Gasteiger partial charge in [0.15, 0.2) is 0 Å². The number of rotatable bonds is 2. The van der Waals surface area contributed by atoms with E-state index in [1.165, 1.54) is 16.5 Å². The maximum Gasteiger partial charge on any atom is 0.0893 e. The maximum atomic E-state index is 6.37. The number of hydrogen-bond acceptors (Lipinski definition) is 3. The van der Waals surface area contributed by atoms with Crippen LogP contribution in [0.5, 0.6) is 0 Å². The molecule has 2 aromatic rings. The van der Waals surface area contributed by atoms with Gasteiger partial charge in [0, 0.05) is 37.2 Å². The lowest BCUT2D eigenvalue weighted by Gasteiger charge is -2.28. The lowest BCUT2D eigenvalue weighted by molar-refractivity contribution is 0.0124. The maximum absolute atomic E-state index is 6.37. The second-order valence-corrected chi connectivity index (χ2v) is 4.85. The molecule has 2 unspecified atom stereocenters. The summed E-state index contributed by atoms with van der Waals surface area (Å²) < 4.78 is 7.88. The van der Waals surface area contributed by atoms with Crippen molar-refractivity contribution in [2.45, 2.75) is 12.1 Å². The van der Waals surface area contributed by atoms with Crippen LogP contribution in [0.1, 0.15) is 11.6 Å². The van der Waals surface area contributed by atoms with Gasteiger partial charge in [-0.3, -0.25) is 0 Å². The van der Waals surface area contributed by atoms with Crippen molar-refractivity contribution in [1.29, 1.82) is 0 Å². The average molecular weight is 245 g/mol. The quantitative estimate of drug-likeness (QED) is 0.835. The molecule has 96 valence electrons. The van der Waals surface area contributed by atoms with Crippen LogP contribution in [0.3, 0.4) is 0 Å². The molecule has 1 saturated heterocycles. The van der Waals surface area contributed by atoms with Crippen molar-refractivity contribution in [2.24, 2.45) is 12.8 Å². The molecule has 0 radical (unpaired) electrons. The van der Waals surface area contributed by atoms with E-state index in [1.807, 2.05) is 0 Å². The van der Waals surface area contributed by atoms with Crippen molar-refractivity contribution in [1.82, 2.24) is 9.88 Å². The van der Waals surface area contributed by atoms with Gasteiger partial charge in [-0.25, -0.2) is 0 Å². The fraction of sp³-hybridized carbons (Fsp3) is 0.429. The van der Waals surface area contributed by atoms with Gasteiger partial charge in [0.2, 0.25) is 0 Å². The molecule has 1 aromatic carbocycles. The minimum atomic E-state index is -0.0797. The number of benzene rings is 1. The summed E-state index contributed by atoms with van der Waals surface area (Å²) in [7, 11) is 2.05. The molecule has 1 aromatic heterocycles. The van der Waals surface area contributed by atoms with Crippen LogP contribution >= 0.6 is 0 Å². The summed E-state index contributed by atoms with van der Waals surface area (Å²) in [5, 5.41) is 4.55. The molecule has 1 fully saturated rings. The van der Waals surface area contributed by atoms with E-state index in [1.54, 1.807) is 0 Å². The van der Waals surface area contributed by atoms with Crippen LogP contribution in [0.4, 0.5) is 0 Å². The van der Waals surface area contributed by atoms with Crippen LogP contribution in [-0.4, -0.2) is 30.4 Å². The van der Waals surface area contributed by atoms with Gasteiger partial charge in [0.1, 0.15) is 0 Å². The van der Waals surface area contributed by atoms with Crippen LogP contribution in [-0.2, 0) is 11.8 Å². The third-order valence-electron chi connectivity index (χ3n) is 3.64. The molecule has 1 aliphatic heterocycles. The molecule has 3 rings (SSSR count). The Hall–Kier alpha value is -1.36. The zero-order valence-corrected chi connectivity index (χ0v) is 10.6. The Kier molecular flexibility index (Phi) is 3.07. The molecular formula is C14H19N3O. The van der Waals surface area contributed by atoms with Crippen LogP contribution in [0, 0.1) is 0 Å². The van der Waals surface area contributed by atoms with Crippen molar-refractivity contribution in [3.8, 4) is 0 Å². The number of hydrogen-bond donors (Lipinski definition) is 2. The van der Waals surface area contributed by atoms with Crippen molar-refractivity contribution in [3.63, 3.8) is 0 Å².